The van der Waals surface area contributed by atoms with Crippen molar-refractivity contribution in [2.75, 3.05) is 29.3 Å². The SMILES string of the molecule is CNC(C)C(=O)NC(CCS(C)(=O)=O)C(=O)N1c2ncccc2CC1C(=O)Nc1ccccc1. The van der Waals surface area contributed by atoms with Crippen LogP contribution in [0.15, 0.2) is 48.7 Å². The van der Waals surface area contributed by atoms with Crippen LogP contribution in [0.3, 0.4) is 0 Å². The fourth-order valence-electron chi connectivity index (χ4n) is 3.65. The summed E-state index contributed by atoms with van der Waals surface area (Å²) in [4.78, 5) is 45.0. The Balaban J connectivity index is 1.92. The molecule has 1 aromatic carbocycles. The fraction of sp³-hybridized carbons (Fsp3) is 0.391. The van der Waals surface area contributed by atoms with Crippen molar-refractivity contribution in [3.63, 3.8) is 0 Å². The minimum Gasteiger partial charge on any atom is -0.343 e. The highest BCUT2D eigenvalue weighted by Crippen LogP contribution is 2.31. The number of hydrogen-bond donors (Lipinski definition) is 3. The van der Waals surface area contributed by atoms with Crippen molar-refractivity contribution in [2.45, 2.75) is 37.9 Å². The quantitative estimate of drug-likeness (QED) is 0.468. The van der Waals surface area contributed by atoms with Crippen molar-refractivity contribution in [1.29, 1.82) is 0 Å². The zero-order valence-electron chi connectivity index (χ0n) is 19.3. The number of nitrogens with zero attached hydrogens (tertiary/aromatic N) is 2. The molecule has 0 saturated carbocycles. The van der Waals surface area contributed by atoms with E-state index in [1.807, 2.05) is 6.07 Å². The van der Waals surface area contributed by atoms with Crippen molar-refractivity contribution in [3.05, 3.63) is 54.2 Å². The van der Waals surface area contributed by atoms with Gasteiger partial charge in [0, 0.05) is 24.6 Å². The molecule has 34 heavy (non-hydrogen) atoms. The fourth-order valence-corrected chi connectivity index (χ4v) is 4.32. The average molecular weight is 488 g/mol. The van der Waals surface area contributed by atoms with Gasteiger partial charge in [0.2, 0.25) is 11.8 Å². The van der Waals surface area contributed by atoms with Crippen molar-refractivity contribution >= 4 is 39.1 Å². The van der Waals surface area contributed by atoms with Gasteiger partial charge in [-0.15, -0.1) is 0 Å². The molecule has 0 aliphatic carbocycles. The van der Waals surface area contributed by atoms with Crippen LogP contribution in [0.2, 0.25) is 0 Å². The first-order valence-electron chi connectivity index (χ1n) is 10.9. The molecule has 2 heterocycles. The molecule has 0 radical (unpaired) electrons. The van der Waals surface area contributed by atoms with Gasteiger partial charge in [0.1, 0.15) is 27.7 Å². The summed E-state index contributed by atoms with van der Waals surface area (Å²) in [5.74, 6) is -1.44. The van der Waals surface area contributed by atoms with Gasteiger partial charge in [0.15, 0.2) is 0 Å². The molecule has 2 aromatic rings. The Bertz CT molecular complexity index is 1160. The number of carbonyl (C=O) groups excluding carboxylic acids is 3. The van der Waals surface area contributed by atoms with E-state index < -0.39 is 45.7 Å². The van der Waals surface area contributed by atoms with Gasteiger partial charge in [-0.2, -0.15) is 0 Å². The lowest BCUT2D eigenvalue weighted by atomic mass is 10.1. The molecule has 3 rings (SSSR count). The van der Waals surface area contributed by atoms with E-state index in [-0.39, 0.29) is 18.6 Å². The van der Waals surface area contributed by atoms with E-state index in [0.29, 0.717) is 17.1 Å². The number of aromatic nitrogens is 1. The molecule has 1 aromatic heterocycles. The van der Waals surface area contributed by atoms with E-state index in [9.17, 15) is 22.8 Å². The summed E-state index contributed by atoms with van der Waals surface area (Å²) in [6.45, 7) is 1.62. The Labute approximate surface area is 199 Å². The summed E-state index contributed by atoms with van der Waals surface area (Å²) in [6.07, 6.45) is 2.69. The monoisotopic (exact) mass is 487 g/mol. The van der Waals surface area contributed by atoms with Crippen LogP contribution >= 0.6 is 0 Å². The summed E-state index contributed by atoms with van der Waals surface area (Å²) >= 11 is 0. The highest BCUT2D eigenvalue weighted by molar-refractivity contribution is 7.90. The Kier molecular flexibility index (Phi) is 8.00. The van der Waals surface area contributed by atoms with Crippen LogP contribution in [-0.2, 0) is 30.6 Å². The second kappa shape index (κ2) is 10.7. The number of rotatable bonds is 9. The first-order chi connectivity index (χ1) is 16.1. The third-order valence-corrected chi connectivity index (χ3v) is 6.60. The standard InChI is InChI=1S/C23H29N5O5S/c1-15(24-2)21(29)27-18(11-13-34(3,32)33)23(31)28-19(14-16-8-7-12-25-20(16)28)22(30)26-17-9-5-4-6-10-17/h4-10,12,15,18-19,24H,11,13-14H2,1-3H3,(H,26,30)(H,27,29). The molecule has 10 nitrogen and oxygen atoms in total. The lowest BCUT2D eigenvalue weighted by molar-refractivity contribution is -0.129. The van der Waals surface area contributed by atoms with Crippen LogP contribution in [-0.4, -0.2) is 68.3 Å². The third-order valence-electron chi connectivity index (χ3n) is 5.62. The van der Waals surface area contributed by atoms with E-state index in [0.717, 1.165) is 6.26 Å². The second-order valence-electron chi connectivity index (χ2n) is 8.26. The van der Waals surface area contributed by atoms with Gasteiger partial charge in [-0.3, -0.25) is 19.3 Å². The van der Waals surface area contributed by atoms with Crippen molar-refractivity contribution in [1.82, 2.24) is 15.6 Å². The van der Waals surface area contributed by atoms with Gasteiger partial charge in [-0.25, -0.2) is 13.4 Å². The van der Waals surface area contributed by atoms with Crippen LogP contribution in [0.5, 0.6) is 0 Å². The third kappa shape index (κ3) is 6.17. The maximum absolute atomic E-state index is 13.7. The Morgan fingerprint density at radius 2 is 1.85 bits per heavy atom. The summed E-state index contributed by atoms with van der Waals surface area (Å²) < 4.78 is 23.6. The van der Waals surface area contributed by atoms with Gasteiger partial charge in [0.25, 0.3) is 5.91 Å². The zero-order valence-corrected chi connectivity index (χ0v) is 20.1. The lowest BCUT2D eigenvalue weighted by Gasteiger charge is -2.29. The number of fused-ring (bicyclic) bond motifs is 1. The van der Waals surface area contributed by atoms with Crippen LogP contribution in [0.4, 0.5) is 11.5 Å². The largest absolute Gasteiger partial charge is 0.343 e. The molecule has 182 valence electrons. The summed E-state index contributed by atoms with van der Waals surface area (Å²) in [6, 6.07) is 9.69. The predicted octanol–water partition coefficient (Wildman–Crippen LogP) is 0.505. The number of nitrogens with one attached hydrogen (secondary N) is 3. The van der Waals surface area contributed by atoms with E-state index >= 15 is 0 Å². The second-order valence-corrected chi connectivity index (χ2v) is 10.5. The highest BCUT2D eigenvalue weighted by atomic mass is 32.2. The molecular formula is C23H29N5O5S. The summed E-state index contributed by atoms with van der Waals surface area (Å²) in [5, 5.41) is 8.24. The number of carbonyl (C=O) groups is 3. The van der Waals surface area contributed by atoms with Gasteiger partial charge in [-0.1, -0.05) is 24.3 Å². The lowest BCUT2D eigenvalue weighted by Crippen LogP contribution is -2.56. The molecule has 3 amide bonds. The van der Waals surface area contributed by atoms with Gasteiger partial charge < -0.3 is 16.0 Å². The van der Waals surface area contributed by atoms with E-state index in [2.05, 4.69) is 20.9 Å². The van der Waals surface area contributed by atoms with Crippen LogP contribution < -0.4 is 20.9 Å². The van der Waals surface area contributed by atoms with E-state index in [1.165, 1.54) is 11.1 Å². The molecule has 1 aliphatic rings. The number of pyridine rings is 1. The molecule has 3 N–H and O–H groups in total. The van der Waals surface area contributed by atoms with Crippen LogP contribution in [0, 0.1) is 0 Å². The number of amides is 3. The van der Waals surface area contributed by atoms with Gasteiger partial charge in [0.05, 0.1) is 11.8 Å². The minimum atomic E-state index is -3.40. The number of hydrogen-bond acceptors (Lipinski definition) is 7. The molecular weight excluding hydrogens is 458 g/mol. The molecule has 3 atom stereocenters. The van der Waals surface area contributed by atoms with E-state index in [1.54, 1.807) is 50.4 Å². The average Bonchev–Trinajstić information content (AvgIpc) is 3.20. The molecule has 0 bridgehead atoms. The number of anilines is 2. The van der Waals surface area contributed by atoms with Gasteiger partial charge in [-0.05, 0) is 44.2 Å². The number of likely N-dealkylation sites (N-methyl/N-ethyl adjacent to an activating group) is 1. The number of sulfone groups is 1. The molecule has 0 saturated heterocycles. The molecule has 11 heteroatoms. The first kappa shape index (κ1) is 25.3. The normalized spacial score (nSPS) is 16.9. The van der Waals surface area contributed by atoms with Crippen molar-refractivity contribution < 1.29 is 22.8 Å². The maximum atomic E-state index is 13.7. The summed E-state index contributed by atoms with van der Waals surface area (Å²) in [7, 11) is -1.80. The molecule has 1 aliphatic heterocycles. The molecule has 3 unspecified atom stereocenters. The number of para-hydroxylation sites is 1. The van der Waals surface area contributed by atoms with Crippen LogP contribution in [0.1, 0.15) is 18.9 Å². The molecule has 0 spiro atoms. The van der Waals surface area contributed by atoms with Gasteiger partial charge >= 0.3 is 0 Å². The van der Waals surface area contributed by atoms with Crippen molar-refractivity contribution in [2.24, 2.45) is 0 Å². The smallest absolute Gasteiger partial charge is 0.251 e. The van der Waals surface area contributed by atoms with Crippen molar-refractivity contribution in [3.8, 4) is 0 Å². The topological polar surface area (TPSA) is 138 Å². The highest BCUT2D eigenvalue weighted by Gasteiger charge is 2.42. The first-order valence-corrected chi connectivity index (χ1v) is 12.9. The Morgan fingerprint density at radius 1 is 1.15 bits per heavy atom. The minimum absolute atomic E-state index is 0.133. The Morgan fingerprint density at radius 3 is 2.50 bits per heavy atom. The molecule has 0 fully saturated rings. The predicted molar refractivity (Wildman–Crippen MR) is 129 cm³/mol. The van der Waals surface area contributed by atoms with Crippen LogP contribution in [0.25, 0.3) is 0 Å². The zero-order chi connectivity index (χ0) is 24.9. The number of benzene rings is 1. The Hall–Kier alpha value is -3.31. The van der Waals surface area contributed by atoms with E-state index in [4.69, 9.17) is 0 Å². The maximum Gasteiger partial charge on any atom is 0.251 e. The summed E-state index contributed by atoms with van der Waals surface area (Å²) in [5.41, 5.74) is 1.29.